The van der Waals surface area contributed by atoms with Crippen molar-refractivity contribution in [3.8, 4) is 5.88 Å². The molecule has 1 N–H and O–H groups in total. The molecule has 0 aromatic carbocycles. The van der Waals surface area contributed by atoms with Gasteiger partial charge in [0.2, 0.25) is 5.88 Å². The summed E-state index contributed by atoms with van der Waals surface area (Å²) in [7, 11) is 0. The van der Waals surface area contributed by atoms with Crippen molar-refractivity contribution in [3.05, 3.63) is 23.9 Å². The van der Waals surface area contributed by atoms with Gasteiger partial charge in [0.25, 0.3) is 0 Å². The molecular formula is C11H13F3N2O. The lowest BCUT2D eigenvalue weighted by molar-refractivity contribution is -0.137. The van der Waals surface area contributed by atoms with E-state index in [0.717, 1.165) is 31.8 Å². The van der Waals surface area contributed by atoms with E-state index in [1.54, 1.807) is 0 Å². The number of pyridine rings is 1. The molecule has 1 aromatic rings. The zero-order valence-corrected chi connectivity index (χ0v) is 9.13. The quantitative estimate of drug-likeness (QED) is 0.886. The first-order chi connectivity index (χ1) is 8.05. The van der Waals surface area contributed by atoms with Crippen LogP contribution in [-0.2, 0) is 6.18 Å². The van der Waals surface area contributed by atoms with Gasteiger partial charge in [-0.15, -0.1) is 0 Å². The lowest BCUT2D eigenvalue weighted by Crippen LogP contribution is -2.16. The van der Waals surface area contributed by atoms with Crippen molar-refractivity contribution in [1.82, 2.24) is 10.3 Å². The number of aromatic nitrogens is 1. The van der Waals surface area contributed by atoms with E-state index in [1.165, 1.54) is 6.07 Å². The normalized spacial score (nSPS) is 20.5. The van der Waals surface area contributed by atoms with Gasteiger partial charge in [0.1, 0.15) is 0 Å². The molecule has 1 aliphatic heterocycles. The maximum Gasteiger partial charge on any atom is 0.417 e. The molecule has 0 bridgehead atoms. The predicted molar refractivity (Wildman–Crippen MR) is 55.7 cm³/mol. The highest BCUT2D eigenvalue weighted by atomic mass is 19.4. The van der Waals surface area contributed by atoms with Gasteiger partial charge < -0.3 is 10.1 Å². The zero-order chi connectivity index (χ0) is 12.3. The Hall–Kier alpha value is -1.30. The minimum atomic E-state index is -4.35. The average Bonchev–Trinajstić information content (AvgIpc) is 2.78. The second-order valence-corrected chi connectivity index (χ2v) is 4.05. The third kappa shape index (κ3) is 3.33. The van der Waals surface area contributed by atoms with Crippen LogP contribution in [0.5, 0.6) is 5.88 Å². The van der Waals surface area contributed by atoms with Crippen molar-refractivity contribution in [1.29, 1.82) is 0 Å². The van der Waals surface area contributed by atoms with Gasteiger partial charge >= 0.3 is 6.18 Å². The second-order valence-electron chi connectivity index (χ2n) is 4.05. The maximum atomic E-state index is 12.3. The lowest BCUT2D eigenvalue weighted by atomic mass is 10.1. The van der Waals surface area contributed by atoms with Crippen molar-refractivity contribution in [3.63, 3.8) is 0 Å². The summed E-state index contributed by atoms with van der Waals surface area (Å²) in [5.41, 5.74) is -0.757. The monoisotopic (exact) mass is 246 g/mol. The number of hydrogen-bond donors (Lipinski definition) is 1. The Labute approximate surface area is 97.0 Å². The van der Waals surface area contributed by atoms with E-state index in [2.05, 4.69) is 10.3 Å². The Balaban J connectivity index is 1.89. The van der Waals surface area contributed by atoms with Crippen LogP contribution in [0.15, 0.2) is 18.3 Å². The topological polar surface area (TPSA) is 34.1 Å². The largest absolute Gasteiger partial charge is 0.477 e. The van der Waals surface area contributed by atoms with Crippen molar-refractivity contribution in [2.75, 3.05) is 19.7 Å². The summed E-state index contributed by atoms with van der Waals surface area (Å²) in [5, 5.41) is 3.19. The Morgan fingerprint density at radius 2 is 2.24 bits per heavy atom. The van der Waals surface area contributed by atoms with E-state index in [0.29, 0.717) is 12.5 Å². The molecule has 1 aromatic heterocycles. The Morgan fingerprint density at radius 1 is 1.41 bits per heavy atom. The van der Waals surface area contributed by atoms with Gasteiger partial charge in [-0.1, -0.05) is 0 Å². The van der Waals surface area contributed by atoms with Crippen molar-refractivity contribution in [2.24, 2.45) is 5.92 Å². The predicted octanol–water partition coefficient (Wildman–Crippen LogP) is 2.09. The summed E-state index contributed by atoms with van der Waals surface area (Å²) < 4.78 is 42.1. The van der Waals surface area contributed by atoms with E-state index in [9.17, 15) is 13.2 Å². The fraction of sp³-hybridized carbons (Fsp3) is 0.545. The zero-order valence-electron chi connectivity index (χ0n) is 9.13. The van der Waals surface area contributed by atoms with Gasteiger partial charge in [-0.25, -0.2) is 4.98 Å². The molecule has 1 fully saturated rings. The van der Waals surface area contributed by atoms with Crippen LogP contribution in [-0.4, -0.2) is 24.7 Å². The Kier molecular flexibility index (Phi) is 3.51. The first-order valence-electron chi connectivity index (χ1n) is 5.42. The van der Waals surface area contributed by atoms with Gasteiger partial charge in [-0.2, -0.15) is 13.2 Å². The van der Waals surface area contributed by atoms with Gasteiger partial charge in [-0.3, -0.25) is 0 Å². The molecular weight excluding hydrogens is 233 g/mol. The van der Waals surface area contributed by atoms with E-state index >= 15 is 0 Å². The van der Waals surface area contributed by atoms with E-state index in [-0.39, 0.29) is 5.88 Å². The number of alkyl halides is 3. The number of hydrogen-bond acceptors (Lipinski definition) is 3. The highest BCUT2D eigenvalue weighted by Crippen LogP contribution is 2.29. The molecule has 3 nitrogen and oxygen atoms in total. The minimum Gasteiger partial charge on any atom is -0.477 e. The summed E-state index contributed by atoms with van der Waals surface area (Å²) in [6.45, 7) is 2.35. The molecule has 0 radical (unpaired) electrons. The smallest absolute Gasteiger partial charge is 0.417 e. The number of halogens is 3. The molecule has 2 rings (SSSR count). The first kappa shape index (κ1) is 12.2. The molecule has 0 saturated carbocycles. The molecule has 1 aliphatic rings. The van der Waals surface area contributed by atoms with E-state index < -0.39 is 11.7 Å². The van der Waals surface area contributed by atoms with Gasteiger partial charge in [0.15, 0.2) is 0 Å². The number of rotatable bonds is 3. The van der Waals surface area contributed by atoms with Crippen LogP contribution in [0, 0.1) is 5.92 Å². The molecule has 94 valence electrons. The maximum absolute atomic E-state index is 12.3. The number of nitrogens with zero attached hydrogens (tertiary/aromatic N) is 1. The summed E-state index contributed by atoms with van der Waals surface area (Å²) in [5.74, 6) is 0.656. The number of nitrogens with one attached hydrogen (secondary N) is 1. The van der Waals surface area contributed by atoms with Crippen LogP contribution in [0.3, 0.4) is 0 Å². The molecule has 2 heterocycles. The summed E-state index contributed by atoms with van der Waals surface area (Å²) in [6, 6.07) is 2.24. The molecule has 6 heteroatoms. The van der Waals surface area contributed by atoms with Crippen LogP contribution in [0.4, 0.5) is 13.2 Å². The summed E-state index contributed by atoms with van der Waals surface area (Å²) >= 11 is 0. The van der Waals surface area contributed by atoms with Gasteiger partial charge in [0, 0.05) is 24.7 Å². The molecule has 0 spiro atoms. The van der Waals surface area contributed by atoms with Gasteiger partial charge in [-0.05, 0) is 19.0 Å². The molecule has 0 amide bonds. The fourth-order valence-electron chi connectivity index (χ4n) is 1.69. The standard InChI is InChI=1S/C11H13F3N2O/c12-11(13,14)9-1-2-10(16-6-9)17-7-8-3-4-15-5-8/h1-2,6,8,15H,3-5,7H2. The van der Waals surface area contributed by atoms with Crippen molar-refractivity contribution >= 4 is 0 Å². The van der Waals surface area contributed by atoms with Gasteiger partial charge in [0.05, 0.1) is 12.2 Å². The Bertz CT molecular complexity index is 358. The summed E-state index contributed by atoms with van der Waals surface area (Å²) in [6.07, 6.45) is -2.52. The number of ether oxygens (including phenoxy) is 1. The molecule has 1 atom stereocenters. The average molecular weight is 246 g/mol. The molecule has 1 saturated heterocycles. The van der Waals surface area contributed by atoms with Crippen molar-refractivity contribution in [2.45, 2.75) is 12.6 Å². The van der Waals surface area contributed by atoms with Crippen LogP contribution in [0.25, 0.3) is 0 Å². The fourth-order valence-corrected chi connectivity index (χ4v) is 1.69. The van der Waals surface area contributed by atoms with Crippen LogP contribution in [0.1, 0.15) is 12.0 Å². The minimum absolute atomic E-state index is 0.241. The van der Waals surface area contributed by atoms with E-state index in [4.69, 9.17) is 4.74 Å². The third-order valence-electron chi connectivity index (χ3n) is 2.69. The molecule has 17 heavy (non-hydrogen) atoms. The SMILES string of the molecule is FC(F)(F)c1ccc(OCC2CCNC2)nc1. The molecule has 1 unspecified atom stereocenters. The second kappa shape index (κ2) is 4.91. The lowest BCUT2D eigenvalue weighted by Gasteiger charge is -2.11. The third-order valence-corrected chi connectivity index (χ3v) is 2.69. The van der Waals surface area contributed by atoms with Crippen LogP contribution >= 0.6 is 0 Å². The molecule has 0 aliphatic carbocycles. The summed E-state index contributed by atoms with van der Waals surface area (Å²) in [4.78, 5) is 3.64. The van der Waals surface area contributed by atoms with Crippen LogP contribution < -0.4 is 10.1 Å². The highest BCUT2D eigenvalue weighted by Gasteiger charge is 2.30. The first-order valence-corrected chi connectivity index (χ1v) is 5.42. The van der Waals surface area contributed by atoms with E-state index in [1.807, 2.05) is 0 Å². The van der Waals surface area contributed by atoms with Crippen molar-refractivity contribution < 1.29 is 17.9 Å². The Morgan fingerprint density at radius 3 is 2.76 bits per heavy atom. The van der Waals surface area contributed by atoms with Crippen LogP contribution in [0.2, 0.25) is 0 Å². The highest BCUT2D eigenvalue weighted by molar-refractivity contribution is 5.20.